The average Bonchev–Trinajstić information content (AvgIpc) is 2.96. The van der Waals surface area contributed by atoms with Gasteiger partial charge in [0, 0.05) is 31.5 Å². The van der Waals surface area contributed by atoms with Crippen molar-refractivity contribution in [3.63, 3.8) is 0 Å². The summed E-state index contributed by atoms with van der Waals surface area (Å²) < 4.78 is 0. The zero-order valence-corrected chi connectivity index (χ0v) is 12.9. The van der Waals surface area contributed by atoms with Gasteiger partial charge < -0.3 is 4.90 Å². The standard InChI is InChI=1S/C16H24ClN3/c17-16-11-18-7-6-14(16)12-20-10-2-1-5-15(20)13-19-8-3-4-9-19/h6-7,11,15H,1-5,8-10,12-13H2/t15-/m0/s1. The van der Waals surface area contributed by atoms with Gasteiger partial charge in [-0.15, -0.1) is 0 Å². The van der Waals surface area contributed by atoms with E-state index in [0.717, 1.165) is 11.6 Å². The molecule has 0 aromatic carbocycles. The van der Waals surface area contributed by atoms with Crippen LogP contribution in [0.3, 0.4) is 0 Å². The van der Waals surface area contributed by atoms with Crippen LogP contribution in [-0.4, -0.2) is 47.0 Å². The van der Waals surface area contributed by atoms with E-state index in [1.807, 2.05) is 6.20 Å². The van der Waals surface area contributed by atoms with Gasteiger partial charge in [-0.3, -0.25) is 9.88 Å². The van der Waals surface area contributed by atoms with Crippen LogP contribution in [-0.2, 0) is 6.54 Å². The van der Waals surface area contributed by atoms with Crippen LogP contribution in [0.15, 0.2) is 18.5 Å². The second kappa shape index (κ2) is 6.88. The molecule has 0 unspecified atom stereocenters. The maximum absolute atomic E-state index is 6.26. The van der Waals surface area contributed by atoms with E-state index in [4.69, 9.17) is 11.6 Å². The van der Waals surface area contributed by atoms with Crippen LogP contribution in [0.5, 0.6) is 0 Å². The number of hydrogen-bond donors (Lipinski definition) is 0. The molecule has 1 aromatic rings. The van der Waals surface area contributed by atoms with Gasteiger partial charge in [0.1, 0.15) is 0 Å². The van der Waals surface area contributed by atoms with Crippen LogP contribution < -0.4 is 0 Å². The molecule has 20 heavy (non-hydrogen) atoms. The lowest BCUT2D eigenvalue weighted by atomic mass is 10.0. The predicted molar refractivity (Wildman–Crippen MR) is 83.0 cm³/mol. The number of halogens is 1. The largest absolute Gasteiger partial charge is 0.302 e. The van der Waals surface area contributed by atoms with E-state index in [0.29, 0.717) is 6.04 Å². The Bertz CT molecular complexity index is 431. The minimum atomic E-state index is 0.700. The summed E-state index contributed by atoms with van der Waals surface area (Å²) in [4.78, 5) is 9.35. The van der Waals surface area contributed by atoms with Crippen LogP contribution in [0.1, 0.15) is 37.7 Å². The summed E-state index contributed by atoms with van der Waals surface area (Å²) in [5.74, 6) is 0. The minimum Gasteiger partial charge on any atom is -0.302 e. The van der Waals surface area contributed by atoms with E-state index in [1.165, 1.54) is 63.8 Å². The molecule has 0 saturated carbocycles. The molecule has 2 aliphatic heterocycles. The Hall–Kier alpha value is -0.640. The monoisotopic (exact) mass is 293 g/mol. The Balaban J connectivity index is 1.64. The van der Waals surface area contributed by atoms with Gasteiger partial charge in [0.2, 0.25) is 0 Å². The van der Waals surface area contributed by atoms with Gasteiger partial charge in [0.25, 0.3) is 0 Å². The fourth-order valence-electron chi connectivity index (χ4n) is 3.49. The maximum Gasteiger partial charge on any atom is 0.0634 e. The summed E-state index contributed by atoms with van der Waals surface area (Å²) in [5.41, 5.74) is 1.22. The first-order chi connectivity index (χ1) is 9.83. The number of rotatable bonds is 4. The summed E-state index contributed by atoms with van der Waals surface area (Å²) in [5, 5.41) is 0.804. The third-order valence-electron chi connectivity index (χ3n) is 4.65. The fraction of sp³-hybridized carbons (Fsp3) is 0.688. The first-order valence-corrected chi connectivity index (χ1v) is 8.25. The highest BCUT2D eigenvalue weighted by molar-refractivity contribution is 6.31. The molecule has 0 bridgehead atoms. The molecule has 3 rings (SSSR count). The predicted octanol–water partition coefficient (Wildman–Crippen LogP) is 3.19. The molecule has 4 heteroatoms. The van der Waals surface area contributed by atoms with E-state index >= 15 is 0 Å². The Kier molecular flexibility index (Phi) is 4.92. The summed E-state index contributed by atoms with van der Waals surface area (Å²) in [6.45, 7) is 6.00. The minimum absolute atomic E-state index is 0.700. The Labute approximate surface area is 126 Å². The van der Waals surface area contributed by atoms with Gasteiger partial charge in [-0.1, -0.05) is 18.0 Å². The SMILES string of the molecule is Clc1cnccc1CN1CCCC[C@H]1CN1CCCC1. The van der Waals surface area contributed by atoms with Crippen LogP contribution in [0.4, 0.5) is 0 Å². The van der Waals surface area contributed by atoms with Crippen LogP contribution in [0.2, 0.25) is 5.02 Å². The lowest BCUT2D eigenvalue weighted by Gasteiger charge is -2.38. The molecule has 2 saturated heterocycles. The summed E-state index contributed by atoms with van der Waals surface area (Å²) >= 11 is 6.26. The molecule has 1 aromatic heterocycles. The number of nitrogens with zero attached hydrogens (tertiary/aromatic N) is 3. The van der Waals surface area contributed by atoms with Gasteiger partial charge in [-0.25, -0.2) is 0 Å². The number of likely N-dealkylation sites (tertiary alicyclic amines) is 2. The number of piperidine rings is 1. The van der Waals surface area contributed by atoms with E-state index in [2.05, 4.69) is 20.9 Å². The van der Waals surface area contributed by atoms with E-state index in [-0.39, 0.29) is 0 Å². The third-order valence-corrected chi connectivity index (χ3v) is 4.99. The number of aromatic nitrogens is 1. The second-order valence-electron chi connectivity index (χ2n) is 6.09. The van der Waals surface area contributed by atoms with Crippen molar-refractivity contribution in [1.29, 1.82) is 0 Å². The van der Waals surface area contributed by atoms with Crippen LogP contribution in [0.25, 0.3) is 0 Å². The van der Waals surface area contributed by atoms with Crippen molar-refractivity contribution in [2.24, 2.45) is 0 Å². The second-order valence-corrected chi connectivity index (χ2v) is 6.50. The van der Waals surface area contributed by atoms with Gasteiger partial charge in [0.15, 0.2) is 0 Å². The number of hydrogen-bond acceptors (Lipinski definition) is 3. The highest BCUT2D eigenvalue weighted by Crippen LogP contribution is 2.24. The average molecular weight is 294 g/mol. The Morgan fingerprint density at radius 3 is 2.75 bits per heavy atom. The van der Waals surface area contributed by atoms with Crippen molar-refractivity contribution in [1.82, 2.24) is 14.8 Å². The van der Waals surface area contributed by atoms with Crippen molar-refractivity contribution in [3.05, 3.63) is 29.0 Å². The van der Waals surface area contributed by atoms with Gasteiger partial charge in [0.05, 0.1) is 5.02 Å². The van der Waals surface area contributed by atoms with Crippen LogP contribution in [0, 0.1) is 0 Å². The quantitative estimate of drug-likeness (QED) is 0.850. The molecule has 110 valence electrons. The molecule has 0 N–H and O–H groups in total. The van der Waals surface area contributed by atoms with Crippen molar-refractivity contribution in [2.45, 2.75) is 44.7 Å². The molecule has 0 spiro atoms. The van der Waals surface area contributed by atoms with E-state index in [1.54, 1.807) is 6.20 Å². The zero-order chi connectivity index (χ0) is 13.8. The highest BCUT2D eigenvalue weighted by atomic mass is 35.5. The molecule has 1 atom stereocenters. The lowest BCUT2D eigenvalue weighted by Crippen LogP contribution is -2.45. The Morgan fingerprint density at radius 2 is 1.95 bits per heavy atom. The molecule has 2 aliphatic rings. The third kappa shape index (κ3) is 3.51. The molecule has 3 nitrogen and oxygen atoms in total. The van der Waals surface area contributed by atoms with Crippen molar-refractivity contribution in [2.75, 3.05) is 26.2 Å². The molecule has 2 fully saturated rings. The van der Waals surface area contributed by atoms with Gasteiger partial charge in [-0.2, -0.15) is 0 Å². The molecule has 0 radical (unpaired) electrons. The molecule has 0 amide bonds. The van der Waals surface area contributed by atoms with Gasteiger partial charge in [-0.05, 0) is 56.9 Å². The van der Waals surface area contributed by atoms with E-state index < -0.39 is 0 Å². The number of pyridine rings is 1. The molecule has 3 heterocycles. The van der Waals surface area contributed by atoms with Gasteiger partial charge >= 0.3 is 0 Å². The molecular weight excluding hydrogens is 270 g/mol. The van der Waals surface area contributed by atoms with Crippen molar-refractivity contribution in [3.8, 4) is 0 Å². The summed E-state index contributed by atoms with van der Waals surface area (Å²) in [7, 11) is 0. The van der Waals surface area contributed by atoms with E-state index in [9.17, 15) is 0 Å². The van der Waals surface area contributed by atoms with Crippen molar-refractivity contribution < 1.29 is 0 Å². The molecule has 0 aliphatic carbocycles. The summed E-state index contributed by atoms with van der Waals surface area (Å²) in [6.07, 6.45) is 10.4. The smallest absolute Gasteiger partial charge is 0.0634 e. The maximum atomic E-state index is 6.26. The topological polar surface area (TPSA) is 19.4 Å². The molecular formula is C16H24ClN3. The first-order valence-electron chi connectivity index (χ1n) is 7.88. The lowest BCUT2D eigenvalue weighted by molar-refractivity contribution is 0.106. The highest BCUT2D eigenvalue weighted by Gasteiger charge is 2.26. The Morgan fingerprint density at radius 1 is 1.15 bits per heavy atom. The summed E-state index contributed by atoms with van der Waals surface area (Å²) in [6, 6.07) is 2.76. The normalized spacial score (nSPS) is 25.1. The van der Waals surface area contributed by atoms with Crippen molar-refractivity contribution >= 4 is 11.6 Å². The van der Waals surface area contributed by atoms with Crippen LogP contribution >= 0.6 is 11.6 Å². The zero-order valence-electron chi connectivity index (χ0n) is 12.1. The first kappa shape index (κ1) is 14.3. The fourth-order valence-corrected chi connectivity index (χ4v) is 3.67.